The van der Waals surface area contributed by atoms with Gasteiger partial charge in [-0.3, -0.25) is 4.57 Å². The van der Waals surface area contributed by atoms with Crippen molar-refractivity contribution in [2.24, 2.45) is 0 Å². The highest BCUT2D eigenvalue weighted by Gasteiger charge is 1.93. The molecule has 0 bridgehead atoms. The van der Waals surface area contributed by atoms with Crippen LogP contribution in [0.4, 0.5) is 0 Å². The highest BCUT2D eigenvalue weighted by Crippen LogP contribution is 1.98. The molecule has 0 amide bonds. The molecule has 4 nitrogen and oxygen atoms in total. The van der Waals surface area contributed by atoms with Gasteiger partial charge in [0.1, 0.15) is 6.33 Å². The van der Waals surface area contributed by atoms with E-state index < -0.39 is 0 Å². The molecule has 50 valence electrons. The maximum absolute atomic E-state index is 4.03. The predicted octanol–water partition coefficient (Wildman–Crippen LogP) is 0.595. The maximum atomic E-state index is 4.03. The van der Waals surface area contributed by atoms with Crippen LogP contribution in [0.2, 0.25) is 0 Å². The van der Waals surface area contributed by atoms with Crippen LogP contribution >= 0.6 is 0 Å². The molecule has 0 aliphatic heterocycles. The van der Waals surface area contributed by atoms with E-state index in [1.54, 1.807) is 18.9 Å². The molecule has 2 aromatic heterocycles. The number of aromatic nitrogens is 4. The molecule has 1 N–H and O–H groups in total. The standard InChI is InChI=1S/C6H6N4/c1-2-10(5-7-1)6-3-8-4-9-6/h1-5H,(H,8,9). The molecule has 0 spiro atoms. The number of hydrogen-bond acceptors (Lipinski definition) is 2. The molecule has 10 heavy (non-hydrogen) atoms. The van der Waals surface area contributed by atoms with Crippen molar-refractivity contribution in [3.8, 4) is 5.82 Å². The maximum Gasteiger partial charge on any atom is 0.155 e. The number of H-pyrrole nitrogens is 1. The molecule has 0 unspecified atom stereocenters. The fourth-order valence-corrected chi connectivity index (χ4v) is 0.788. The summed E-state index contributed by atoms with van der Waals surface area (Å²) in [6, 6.07) is 0. The first-order valence-electron chi connectivity index (χ1n) is 2.94. The van der Waals surface area contributed by atoms with Gasteiger partial charge in [0, 0.05) is 18.6 Å². The Morgan fingerprint density at radius 2 is 2.50 bits per heavy atom. The predicted molar refractivity (Wildman–Crippen MR) is 35.7 cm³/mol. The quantitative estimate of drug-likeness (QED) is 0.620. The van der Waals surface area contributed by atoms with E-state index in [1.807, 2.05) is 17.0 Å². The Morgan fingerprint density at radius 1 is 1.50 bits per heavy atom. The van der Waals surface area contributed by atoms with Crippen molar-refractivity contribution >= 4 is 0 Å². The van der Waals surface area contributed by atoms with E-state index in [9.17, 15) is 0 Å². The Labute approximate surface area is 57.6 Å². The lowest BCUT2D eigenvalue weighted by molar-refractivity contribution is 1.01. The molecule has 0 fully saturated rings. The SMILES string of the molecule is c1cn(-c2c[nH]cn2)cn1. The van der Waals surface area contributed by atoms with Crippen molar-refractivity contribution in [3.05, 3.63) is 31.2 Å². The van der Waals surface area contributed by atoms with Crippen molar-refractivity contribution in [3.63, 3.8) is 0 Å². The number of rotatable bonds is 1. The summed E-state index contributed by atoms with van der Waals surface area (Å²) in [5, 5.41) is 0. The summed E-state index contributed by atoms with van der Waals surface area (Å²) in [5.74, 6) is 0.859. The minimum atomic E-state index is 0.859. The Bertz CT molecular complexity index is 249. The lowest BCUT2D eigenvalue weighted by atomic mass is 10.7. The molecular weight excluding hydrogens is 128 g/mol. The third-order valence-electron chi connectivity index (χ3n) is 1.25. The van der Waals surface area contributed by atoms with Crippen LogP contribution < -0.4 is 0 Å². The molecular formula is C6H6N4. The number of aromatic amines is 1. The van der Waals surface area contributed by atoms with Crippen molar-refractivity contribution in [1.29, 1.82) is 0 Å². The summed E-state index contributed by atoms with van der Waals surface area (Å²) in [6.07, 6.45) is 8.71. The zero-order valence-corrected chi connectivity index (χ0v) is 5.23. The number of imidazole rings is 2. The molecule has 0 aromatic carbocycles. The van der Waals surface area contributed by atoms with Crippen molar-refractivity contribution < 1.29 is 0 Å². The van der Waals surface area contributed by atoms with Crippen LogP contribution in [0, 0.1) is 0 Å². The van der Waals surface area contributed by atoms with Gasteiger partial charge in [-0.05, 0) is 0 Å². The first kappa shape index (κ1) is 5.22. The molecule has 0 saturated heterocycles. The number of hydrogen-bond donors (Lipinski definition) is 1. The summed E-state index contributed by atoms with van der Waals surface area (Å²) in [6.45, 7) is 0. The number of nitrogens with zero attached hydrogens (tertiary/aromatic N) is 3. The van der Waals surface area contributed by atoms with Crippen LogP contribution in [-0.4, -0.2) is 19.5 Å². The van der Waals surface area contributed by atoms with Crippen LogP contribution in [0.5, 0.6) is 0 Å². The van der Waals surface area contributed by atoms with E-state index in [0.29, 0.717) is 0 Å². The van der Waals surface area contributed by atoms with E-state index in [4.69, 9.17) is 0 Å². The van der Waals surface area contributed by atoms with Crippen LogP contribution in [0.3, 0.4) is 0 Å². The molecule has 2 heterocycles. The third-order valence-corrected chi connectivity index (χ3v) is 1.25. The van der Waals surface area contributed by atoms with E-state index in [1.165, 1.54) is 0 Å². The average Bonchev–Trinajstić information content (AvgIpc) is 2.59. The van der Waals surface area contributed by atoms with Crippen molar-refractivity contribution in [2.45, 2.75) is 0 Å². The first-order valence-corrected chi connectivity index (χ1v) is 2.94. The lowest BCUT2D eigenvalue weighted by Crippen LogP contribution is -1.87. The van der Waals surface area contributed by atoms with Crippen LogP contribution in [-0.2, 0) is 0 Å². The summed E-state index contributed by atoms with van der Waals surface area (Å²) in [7, 11) is 0. The van der Waals surface area contributed by atoms with E-state index in [2.05, 4.69) is 15.0 Å². The smallest absolute Gasteiger partial charge is 0.155 e. The number of nitrogens with one attached hydrogen (secondary N) is 1. The van der Waals surface area contributed by atoms with Gasteiger partial charge in [-0.1, -0.05) is 0 Å². The van der Waals surface area contributed by atoms with Gasteiger partial charge in [0.2, 0.25) is 0 Å². The molecule has 2 rings (SSSR count). The normalized spacial score (nSPS) is 10.0. The van der Waals surface area contributed by atoms with Crippen LogP contribution in [0.15, 0.2) is 31.2 Å². The zero-order valence-electron chi connectivity index (χ0n) is 5.23. The highest BCUT2D eigenvalue weighted by molar-refractivity contribution is 5.16. The van der Waals surface area contributed by atoms with Gasteiger partial charge in [0.15, 0.2) is 5.82 Å². The third kappa shape index (κ3) is 0.699. The van der Waals surface area contributed by atoms with Gasteiger partial charge < -0.3 is 4.98 Å². The molecule has 4 heteroatoms. The fraction of sp³-hybridized carbons (Fsp3) is 0. The van der Waals surface area contributed by atoms with Gasteiger partial charge in [0.05, 0.1) is 6.33 Å². The Kier molecular flexibility index (Phi) is 1.04. The topological polar surface area (TPSA) is 46.5 Å². The summed E-state index contributed by atoms with van der Waals surface area (Å²) in [4.78, 5) is 10.8. The van der Waals surface area contributed by atoms with Gasteiger partial charge in [-0.25, -0.2) is 9.97 Å². The zero-order chi connectivity index (χ0) is 6.81. The molecule has 0 aliphatic rings. The van der Waals surface area contributed by atoms with Gasteiger partial charge >= 0.3 is 0 Å². The van der Waals surface area contributed by atoms with Gasteiger partial charge in [-0.2, -0.15) is 0 Å². The Morgan fingerprint density at radius 3 is 3.10 bits per heavy atom. The summed E-state index contributed by atoms with van der Waals surface area (Å²) in [5.41, 5.74) is 0. The van der Waals surface area contributed by atoms with Gasteiger partial charge in [-0.15, -0.1) is 0 Å². The Balaban J connectivity index is 2.48. The minimum absolute atomic E-state index is 0.859. The van der Waals surface area contributed by atoms with Crippen molar-refractivity contribution in [1.82, 2.24) is 19.5 Å². The van der Waals surface area contributed by atoms with Crippen LogP contribution in [0.1, 0.15) is 0 Å². The minimum Gasteiger partial charge on any atom is -0.349 e. The average molecular weight is 134 g/mol. The fourth-order valence-electron chi connectivity index (χ4n) is 0.788. The summed E-state index contributed by atoms with van der Waals surface area (Å²) < 4.78 is 1.83. The second-order valence-electron chi connectivity index (χ2n) is 1.90. The molecule has 0 aliphatic carbocycles. The first-order chi connectivity index (χ1) is 4.97. The Hall–Kier alpha value is -1.58. The monoisotopic (exact) mass is 134 g/mol. The van der Waals surface area contributed by atoms with E-state index in [-0.39, 0.29) is 0 Å². The van der Waals surface area contributed by atoms with Crippen molar-refractivity contribution in [2.75, 3.05) is 0 Å². The lowest BCUT2D eigenvalue weighted by Gasteiger charge is -1.90. The van der Waals surface area contributed by atoms with E-state index in [0.717, 1.165) is 5.82 Å². The second kappa shape index (κ2) is 1.98. The largest absolute Gasteiger partial charge is 0.349 e. The van der Waals surface area contributed by atoms with Gasteiger partial charge in [0.25, 0.3) is 0 Å². The molecule has 0 saturated carbocycles. The molecule has 0 radical (unpaired) electrons. The second-order valence-corrected chi connectivity index (χ2v) is 1.90. The highest BCUT2D eigenvalue weighted by atomic mass is 15.1. The molecule has 0 atom stereocenters. The molecule has 2 aromatic rings. The van der Waals surface area contributed by atoms with Crippen LogP contribution in [0.25, 0.3) is 5.82 Å². The summed E-state index contributed by atoms with van der Waals surface area (Å²) >= 11 is 0. The van der Waals surface area contributed by atoms with E-state index >= 15 is 0 Å².